The zero-order valence-corrected chi connectivity index (χ0v) is 11.2. The van der Waals surface area contributed by atoms with Gasteiger partial charge in [0.1, 0.15) is 0 Å². The molecule has 2 aromatic rings. The van der Waals surface area contributed by atoms with Crippen LogP contribution in [0.3, 0.4) is 0 Å². The Morgan fingerprint density at radius 3 is 2.83 bits per heavy atom. The van der Waals surface area contributed by atoms with Gasteiger partial charge in [-0.15, -0.1) is 0 Å². The molecule has 5 nitrogen and oxygen atoms in total. The zero-order chi connectivity index (χ0) is 13.1. The predicted molar refractivity (Wildman–Crippen MR) is 69.1 cm³/mol. The molecule has 0 fully saturated rings. The van der Waals surface area contributed by atoms with Gasteiger partial charge in [-0.25, -0.2) is 0 Å². The lowest BCUT2D eigenvalue weighted by atomic mass is 10.1. The highest BCUT2D eigenvalue weighted by molar-refractivity contribution is 5.12. The number of aliphatic hydroxyl groups excluding tert-OH is 1. The van der Waals surface area contributed by atoms with Gasteiger partial charge in [0.05, 0.1) is 17.5 Å². The van der Waals surface area contributed by atoms with Gasteiger partial charge in [-0.05, 0) is 38.8 Å². The van der Waals surface area contributed by atoms with E-state index in [1.165, 1.54) is 0 Å². The Bertz CT molecular complexity index is 515. The summed E-state index contributed by atoms with van der Waals surface area (Å²) in [6.07, 6.45) is 2.80. The molecule has 2 heterocycles. The second kappa shape index (κ2) is 5.35. The average molecular weight is 248 g/mol. The summed E-state index contributed by atoms with van der Waals surface area (Å²) in [6, 6.07) is 3.94. The molecule has 1 unspecified atom stereocenters. The number of aryl methyl sites for hydroxylation is 4. The molecule has 1 N–H and O–H groups in total. The van der Waals surface area contributed by atoms with Crippen LogP contribution in [0, 0.1) is 6.92 Å². The minimum Gasteiger partial charge on any atom is -0.387 e. The summed E-state index contributed by atoms with van der Waals surface area (Å²) in [5.41, 5.74) is 2.98. The van der Waals surface area contributed by atoms with Crippen LogP contribution in [0.25, 0.3) is 0 Å². The average Bonchev–Trinajstić information content (AvgIpc) is 2.92. The fraction of sp³-hybridized carbons (Fsp3) is 0.538. The highest BCUT2D eigenvalue weighted by Crippen LogP contribution is 2.20. The van der Waals surface area contributed by atoms with Crippen LogP contribution in [0.2, 0.25) is 0 Å². The first-order valence-corrected chi connectivity index (χ1v) is 6.31. The highest BCUT2D eigenvalue weighted by atomic mass is 16.3. The molecule has 0 amide bonds. The predicted octanol–water partition coefficient (Wildman–Crippen LogP) is 1.61. The third-order valence-corrected chi connectivity index (χ3v) is 3.17. The Kier molecular flexibility index (Phi) is 3.81. The third-order valence-electron chi connectivity index (χ3n) is 3.17. The van der Waals surface area contributed by atoms with Crippen molar-refractivity contribution in [2.45, 2.75) is 39.3 Å². The fourth-order valence-corrected chi connectivity index (χ4v) is 2.17. The first kappa shape index (κ1) is 12.8. The Labute approximate surface area is 107 Å². The van der Waals surface area contributed by atoms with Crippen molar-refractivity contribution in [1.82, 2.24) is 19.6 Å². The second-order valence-electron chi connectivity index (χ2n) is 4.53. The lowest BCUT2D eigenvalue weighted by Gasteiger charge is -2.12. The molecule has 2 aromatic heterocycles. The molecule has 0 bridgehead atoms. The van der Waals surface area contributed by atoms with E-state index in [1.54, 1.807) is 6.20 Å². The summed E-state index contributed by atoms with van der Waals surface area (Å²) in [7, 11) is 1.92. The first-order chi connectivity index (χ1) is 8.61. The van der Waals surface area contributed by atoms with Gasteiger partial charge < -0.3 is 5.11 Å². The van der Waals surface area contributed by atoms with E-state index in [0.717, 1.165) is 30.0 Å². The number of hydrogen-bond donors (Lipinski definition) is 1. The number of aliphatic hydroxyl groups is 1. The molecule has 0 spiro atoms. The van der Waals surface area contributed by atoms with Crippen molar-refractivity contribution in [1.29, 1.82) is 0 Å². The normalized spacial score (nSPS) is 12.9. The van der Waals surface area contributed by atoms with E-state index in [9.17, 15) is 5.11 Å². The van der Waals surface area contributed by atoms with Crippen molar-refractivity contribution in [3.8, 4) is 0 Å². The quantitative estimate of drug-likeness (QED) is 0.874. The molecule has 0 aromatic carbocycles. The summed E-state index contributed by atoms with van der Waals surface area (Å²) in [6.45, 7) is 4.76. The lowest BCUT2D eigenvalue weighted by Crippen LogP contribution is -2.09. The minimum atomic E-state index is -0.471. The number of aromatic nitrogens is 4. The molecule has 18 heavy (non-hydrogen) atoms. The van der Waals surface area contributed by atoms with Gasteiger partial charge in [0.25, 0.3) is 0 Å². The van der Waals surface area contributed by atoms with Crippen molar-refractivity contribution in [2.75, 3.05) is 0 Å². The summed E-state index contributed by atoms with van der Waals surface area (Å²) in [4.78, 5) is 0. The SMILES string of the molecule is CCn1nc(C)cc1C(O)CCc1ccnn1C. The van der Waals surface area contributed by atoms with Crippen LogP contribution in [0.4, 0.5) is 0 Å². The van der Waals surface area contributed by atoms with E-state index >= 15 is 0 Å². The van der Waals surface area contributed by atoms with Gasteiger partial charge in [-0.1, -0.05) is 0 Å². The molecule has 0 aliphatic carbocycles. The van der Waals surface area contributed by atoms with Crippen LogP contribution in [-0.4, -0.2) is 24.7 Å². The van der Waals surface area contributed by atoms with Gasteiger partial charge in [0.15, 0.2) is 0 Å². The molecule has 0 saturated carbocycles. The molecular weight excluding hydrogens is 228 g/mol. The molecule has 0 aliphatic heterocycles. The standard InChI is InChI=1S/C13H20N4O/c1-4-17-12(9-10(2)15-17)13(18)6-5-11-7-8-14-16(11)3/h7-9,13,18H,4-6H2,1-3H3. The summed E-state index contributed by atoms with van der Waals surface area (Å²) in [5.74, 6) is 0. The zero-order valence-electron chi connectivity index (χ0n) is 11.2. The second-order valence-corrected chi connectivity index (χ2v) is 4.53. The Morgan fingerprint density at radius 2 is 2.22 bits per heavy atom. The van der Waals surface area contributed by atoms with E-state index in [0.29, 0.717) is 6.42 Å². The largest absolute Gasteiger partial charge is 0.387 e. The van der Waals surface area contributed by atoms with Gasteiger partial charge in [0.2, 0.25) is 0 Å². The van der Waals surface area contributed by atoms with Crippen LogP contribution in [0.1, 0.15) is 36.5 Å². The summed E-state index contributed by atoms with van der Waals surface area (Å²) < 4.78 is 3.71. The van der Waals surface area contributed by atoms with E-state index in [4.69, 9.17) is 0 Å². The fourth-order valence-electron chi connectivity index (χ4n) is 2.17. The van der Waals surface area contributed by atoms with Crippen LogP contribution in [0.15, 0.2) is 18.3 Å². The van der Waals surface area contributed by atoms with E-state index in [1.807, 2.05) is 42.4 Å². The first-order valence-electron chi connectivity index (χ1n) is 6.31. The molecule has 0 saturated heterocycles. The molecule has 0 radical (unpaired) electrons. The number of hydrogen-bond acceptors (Lipinski definition) is 3. The molecule has 2 rings (SSSR count). The molecule has 98 valence electrons. The Balaban J connectivity index is 2.03. The van der Waals surface area contributed by atoms with Crippen molar-refractivity contribution in [2.24, 2.45) is 7.05 Å². The van der Waals surface area contributed by atoms with Crippen molar-refractivity contribution in [3.05, 3.63) is 35.4 Å². The van der Waals surface area contributed by atoms with Crippen LogP contribution in [-0.2, 0) is 20.0 Å². The molecule has 0 aliphatic rings. The van der Waals surface area contributed by atoms with E-state index in [2.05, 4.69) is 10.2 Å². The highest BCUT2D eigenvalue weighted by Gasteiger charge is 2.14. The lowest BCUT2D eigenvalue weighted by molar-refractivity contribution is 0.156. The molecular formula is C13H20N4O. The smallest absolute Gasteiger partial charge is 0.0960 e. The van der Waals surface area contributed by atoms with Gasteiger partial charge in [-0.3, -0.25) is 9.36 Å². The Morgan fingerprint density at radius 1 is 1.44 bits per heavy atom. The van der Waals surface area contributed by atoms with Gasteiger partial charge >= 0.3 is 0 Å². The van der Waals surface area contributed by atoms with E-state index < -0.39 is 6.10 Å². The Hall–Kier alpha value is -1.62. The summed E-state index contributed by atoms with van der Waals surface area (Å²) >= 11 is 0. The number of nitrogens with zero attached hydrogens (tertiary/aromatic N) is 4. The maximum Gasteiger partial charge on any atom is 0.0960 e. The van der Waals surface area contributed by atoms with Crippen molar-refractivity contribution >= 4 is 0 Å². The van der Waals surface area contributed by atoms with Crippen molar-refractivity contribution in [3.63, 3.8) is 0 Å². The van der Waals surface area contributed by atoms with Crippen molar-refractivity contribution < 1.29 is 5.11 Å². The van der Waals surface area contributed by atoms with E-state index in [-0.39, 0.29) is 0 Å². The van der Waals surface area contributed by atoms with Crippen LogP contribution >= 0.6 is 0 Å². The molecule has 5 heteroatoms. The maximum absolute atomic E-state index is 10.2. The topological polar surface area (TPSA) is 55.9 Å². The van der Waals surface area contributed by atoms with Gasteiger partial charge in [-0.2, -0.15) is 10.2 Å². The maximum atomic E-state index is 10.2. The third kappa shape index (κ3) is 2.61. The van der Waals surface area contributed by atoms with Gasteiger partial charge in [0, 0.05) is 25.5 Å². The number of rotatable bonds is 5. The van der Waals surface area contributed by atoms with Crippen LogP contribution in [0.5, 0.6) is 0 Å². The minimum absolute atomic E-state index is 0.471. The molecule has 1 atom stereocenters. The monoisotopic (exact) mass is 248 g/mol. The van der Waals surface area contributed by atoms with Crippen LogP contribution < -0.4 is 0 Å². The summed E-state index contributed by atoms with van der Waals surface area (Å²) in [5, 5.41) is 18.7.